The van der Waals surface area contributed by atoms with Crippen molar-refractivity contribution in [1.29, 1.82) is 0 Å². The Hall–Kier alpha value is -3.10. The molecule has 2 amide bonds. The molecule has 1 atom stereocenters. The fourth-order valence-electron chi connectivity index (χ4n) is 3.80. The highest BCUT2D eigenvalue weighted by molar-refractivity contribution is 6.35. The van der Waals surface area contributed by atoms with Gasteiger partial charge in [0.05, 0.1) is 26.4 Å². The second kappa shape index (κ2) is 12.2. The van der Waals surface area contributed by atoms with Crippen LogP contribution in [-0.2, 0) is 20.7 Å². The molecule has 1 fully saturated rings. The molecule has 8 nitrogen and oxygen atoms in total. The van der Waals surface area contributed by atoms with Crippen LogP contribution < -0.4 is 20.3 Å². The minimum Gasteiger partial charge on any atom is -0.497 e. The van der Waals surface area contributed by atoms with Crippen molar-refractivity contribution in [3.05, 3.63) is 59.7 Å². The van der Waals surface area contributed by atoms with Crippen molar-refractivity contribution in [1.82, 2.24) is 15.5 Å². The maximum absolute atomic E-state index is 12.4. The molecule has 2 aromatic carbocycles. The van der Waals surface area contributed by atoms with Gasteiger partial charge in [-0.1, -0.05) is 24.3 Å². The van der Waals surface area contributed by atoms with E-state index in [4.69, 9.17) is 9.47 Å². The Morgan fingerprint density at radius 1 is 1.00 bits per heavy atom. The maximum Gasteiger partial charge on any atom is 0.309 e. The zero-order chi connectivity index (χ0) is 23.6. The van der Waals surface area contributed by atoms with Gasteiger partial charge in [0.25, 0.3) is 0 Å². The number of ether oxygens (including phenoxy) is 2. The number of anilines is 1. The third kappa shape index (κ3) is 7.20. The number of hydrogen-bond acceptors (Lipinski definition) is 6. The molecule has 0 saturated carbocycles. The van der Waals surface area contributed by atoms with Gasteiger partial charge in [-0.25, -0.2) is 0 Å². The molecule has 0 bridgehead atoms. The lowest BCUT2D eigenvalue weighted by Gasteiger charge is -2.35. The predicted molar refractivity (Wildman–Crippen MR) is 129 cm³/mol. The van der Waals surface area contributed by atoms with Crippen LogP contribution in [0.5, 0.6) is 5.75 Å². The first kappa shape index (κ1) is 24.5. The number of nitrogens with zero attached hydrogens (tertiary/aromatic N) is 2. The highest BCUT2D eigenvalue weighted by Crippen LogP contribution is 2.23. The molecule has 1 aliphatic rings. The van der Waals surface area contributed by atoms with Gasteiger partial charge in [0, 0.05) is 46.0 Å². The summed E-state index contributed by atoms with van der Waals surface area (Å²) in [6.45, 7) is 3.62. The summed E-state index contributed by atoms with van der Waals surface area (Å²) in [5.41, 5.74) is 3.27. The first-order chi connectivity index (χ1) is 16.0. The summed E-state index contributed by atoms with van der Waals surface area (Å²) < 4.78 is 10.6. The zero-order valence-corrected chi connectivity index (χ0v) is 19.7. The molecule has 3 rings (SSSR count). The van der Waals surface area contributed by atoms with Gasteiger partial charge in [0.2, 0.25) is 0 Å². The predicted octanol–water partition coefficient (Wildman–Crippen LogP) is 1.61. The van der Waals surface area contributed by atoms with Crippen LogP contribution in [0.15, 0.2) is 48.5 Å². The third-order valence-electron chi connectivity index (χ3n) is 5.80. The highest BCUT2D eigenvalue weighted by atomic mass is 16.5. The molecule has 8 heteroatoms. The normalized spacial score (nSPS) is 14.9. The van der Waals surface area contributed by atoms with Gasteiger partial charge >= 0.3 is 11.8 Å². The van der Waals surface area contributed by atoms with Gasteiger partial charge < -0.3 is 25.0 Å². The molecule has 1 aliphatic heterocycles. The Morgan fingerprint density at radius 3 is 2.24 bits per heavy atom. The van der Waals surface area contributed by atoms with E-state index in [0.717, 1.165) is 35.7 Å². The molecule has 0 aromatic heterocycles. The number of amides is 2. The standard InChI is InChI=1S/C25H34N4O4/c1-28(2)21-8-6-20(7-9-21)23(29-14-16-33-17-15-29)18-27-25(31)24(30)26-13-12-19-4-10-22(32-3)11-5-19/h4-11,23H,12-18H2,1-3H3,(H,26,30)(H,27,31). The van der Waals surface area contributed by atoms with E-state index < -0.39 is 11.8 Å². The van der Waals surface area contributed by atoms with Gasteiger partial charge in [-0.3, -0.25) is 14.5 Å². The van der Waals surface area contributed by atoms with Crippen molar-refractivity contribution in [2.75, 3.05) is 65.5 Å². The van der Waals surface area contributed by atoms with E-state index in [1.165, 1.54) is 0 Å². The molecule has 0 aliphatic carbocycles. The summed E-state index contributed by atoms with van der Waals surface area (Å²) in [7, 11) is 5.63. The van der Waals surface area contributed by atoms with Gasteiger partial charge in [-0.15, -0.1) is 0 Å². The van der Waals surface area contributed by atoms with Crippen LogP contribution in [0.4, 0.5) is 5.69 Å². The van der Waals surface area contributed by atoms with Gasteiger partial charge in [0.1, 0.15) is 5.75 Å². The molecule has 1 unspecified atom stereocenters. The second-order valence-corrected chi connectivity index (χ2v) is 8.21. The van der Waals surface area contributed by atoms with Crippen LogP contribution >= 0.6 is 0 Å². The molecule has 33 heavy (non-hydrogen) atoms. The summed E-state index contributed by atoms with van der Waals surface area (Å²) in [5.74, 6) is -0.451. The number of morpholine rings is 1. The quantitative estimate of drug-likeness (QED) is 0.560. The molecule has 1 saturated heterocycles. The van der Waals surface area contributed by atoms with Crippen LogP contribution in [0.3, 0.4) is 0 Å². The number of nitrogens with one attached hydrogen (secondary N) is 2. The SMILES string of the molecule is COc1ccc(CCNC(=O)C(=O)NCC(c2ccc(N(C)C)cc2)N2CCOCC2)cc1. The molecule has 1 heterocycles. The fraction of sp³-hybridized carbons (Fsp3) is 0.440. The Bertz CT molecular complexity index is 894. The van der Waals surface area contributed by atoms with Crippen molar-refractivity contribution < 1.29 is 19.1 Å². The Morgan fingerprint density at radius 2 is 1.64 bits per heavy atom. The molecule has 0 radical (unpaired) electrons. The molecule has 2 aromatic rings. The fourth-order valence-corrected chi connectivity index (χ4v) is 3.80. The number of benzene rings is 2. The smallest absolute Gasteiger partial charge is 0.309 e. The van der Waals surface area contributed by atoms with Crippen LogP contribution in [-0.4, -0.2) is 77.3 Å². The zero-order valence-electron chi connectivity index (χ0n) is 19.7. The average molecular weight is 455 g/mol. The number of methoxy groups -OCH3 is 1. The largest absolute Gasteiger partial charge is 0.497 e. The Kier molecular flexibility index (Phi) is 9.09. The third-order valence-corrected chi connectivity index (χ3v) is 5.80. The van der Waals surface area contributed by atoms with Crippen molar-refractivity contribution >= 4 is 17.5 Å². The monoisotopic (exact) mass is 454 g/mol. The van der Waals surface area contributed by atoms with Crippen LogP contribution in [0, 0.1) is 0 Å². The average Bonchev–Trinajstić information content (AvgIpc) is 2.85. The van der Waals surface area contributed by atoms with Gasteiger partial charge in [0.15, 0.2) is 0 Å². The van der Waals surface area contributed by atoms with Gasteiger partial charge in [-0.05, 0) is 41.8 Å². The topological polar surface area (TPSA) is 83.1 Å². The number of hydrogen-bond donors (Lipinski definition) is 2. The second-order valence-electron chi connectivity index (χ2n) is 8.21. The lowest BCUT2D eigenvalue weighted by atomic mass is 10.0. The minimum absolute atomic E-state index is 0.0267. The van der Waals surface area contributed by atoms with E-state index in [2.05, 4.69) is 39.8 Å². The first-order valence-electron chi connectivity index (χ1n) is 11.3. The Balaban J connectivity index is 1.53. The summed E-state index contributed by atoms with van der Waals surface area (Å²) in [6.07, 6.45) is 0.637. The minimum atomic E-state index is -0.618. The van der Waals surface area contributed by atoms with Crippen molar-refractivity contribution in [2.45, 2.75) is 12.5 Å². The highest BCUT2D eigenvalue weighted by Gasteiger charge is 2.24. The van der Waals surface area contributed by atoms with E-state index in [-0.39, 0.29) is 6.04 Å². The maximum atomic E-state index is 12.4. The van der Waals surface area contributed by atoms with Gasteiger partial charge in [-0.2, -0.15) is 0 Å². The van der Waals surface area contributed by atoms with Crippen molar-refractivity contribution in [3.63, 3.8) is 0 Å². The summed E-state index contributed by atoms with van der Waals surface area (Å²) in [5, 5.41) is 5.52. The van der Waals surface area contributed by atoms with E-state index >= 15 is 0 Å². The molecular formula is C25H34N4O4. The molecule has 2 N–H and O–H groups in total. The van der Waals surface area contributed by atoms with Crippen LogP contribution in [0.1, 0.15) is 17.2 Å². The van der Waals surface area contributed by atoms with Crippen molar-refractivity contribution in [2.24, 2.45) is 0 Å². The number of rotatable bonds is 9. The number of carbonyl (C=O) groups excluding carboxylic acids is 2. The van der Waals surface area contributed by atoms with E-state index in [1.54, 1.807) is 7.11 Å². The van der Waals surface area contributed by atoms with E-state index in [1.807, 2.05) is 43.3 Å². The molecule has 0 spiro atoms. The Labute approximate surface area is 195 Å². The van der Waals surface area contributed by atoms with E-state index in [0.29, 0.717) is 32.7 Å². The summed E-state index contributed by atoms with van der Waals surface area (Å²) in [4.78, 5) is 29.1. The lowest BCUT2D eigenvalue weighted by molar-refractivity contribution is -0.139. The summed E-state index contributed by atoms with van der Waals surface area (Å²) in [6, 6.07) is 15.9. The summed E-state index contributed by atoms with van der Waals surface area (Å²) >= 11 is 0. The van der Waals surface area contributed by atoms with Crippen LogP contribution in [0.25, 0.3) is 0 Å². The lowest BCUT2D eigenvalue weighted by Crippen LogP contribution is -2.47. The van der Waals surface area contributed by atoms with Crippen LogP contribution in [0.2, 0.25) is 0 Å². The molecular weight excluding hydrogens is 420 g/mol. The molecule has 178 valence electrons. The van der Waals surface area contributed by atoms with Crippen molar-refractivity contribution in [3.8, 4) is 5.75 Å². The number of carbonyl (C=O) groups is 2. The van der Waals surface area contributed by atoms with E-state index in [9.17, 15) is 9.59 Å². The first-order valence-corrected chi connectivity index (χ1v) is 11.3.